The molecule has 4 aromatic rings. The van der Waals surface area contributed by atoms with Crippen LogP contribution in [0.1, 0.15) is 42.0 Å². The number of benzene rings is 4. The summed E-state index contributed by atoms with van der Waals surface area (Å²) in [4.78, 5) is 0. The van der Waals surface area contributed by atoms with Gasteiger partial charge in [-0.15, -0.1) is 0 Å². The van der Waals surface area contributed by atoms with Gasteiger partial charge in [0.05, 0.1) is 0 Å². The fourth-order valence-corrected chi connectivity index (χ4v) is 7.66. The van der Waals surface area contributed by atoms with Gasteiger partial charge in [0.1, 0.15) is 0 Å². The summed E-state index contributed by atoms with van der Waals surface area (Å²) in [5.74, 6) is 0. The zero-order chi connectivity index (χ0) is 22.3. The second kappa shape index (κ2) is 8.97. The predicted octanol–water partition coefficient (Wildman–Crippen LogP) is 8.26. The molecule has 1 aliphatic rings. The van der Waals surface area contributed by atoms with Gasteiger partial charge in [0.25, 0.3) is 0 Å². The van der Waals surface area contributed by atoms with E-state index in [1.807, 2.05) is 0 Å². The molecule has 0 fully saturated rings. The van der Waals surface area contributed by atoms with Crippen molar-refractivity contribution in [2.24, 2.45) is 4.22 Å². The average molecular weight is 496 g/mol. The fraction of sp³-hybridized carbons (Fsp3) is 0.214. The molecule has 0 radical (unpaired) electrons. The molecule has 4 heteroatoms. The van der Waals surface area contributed by atoms with E-state index in [0.717, 1.165) is 25.7 Å². The molecule has 32 heavy (non-hydrogen) atoms. The van der Waals surface area contributed by atoms with Gasteiger partial charge in [-0.1, -0.05) is 0 Å². The van der Waals surface area contributed by atoms with Crippen LogP contribution in [-0.4, -0.2) is 0 Å². The second-order valence-electron chi connectivity index (χ2n) is 8.81. The molecule has 0 saturated heterocycles. The van der Waals surface area contributed by atoms with Gasteiger partial charge >= 0.3 is 203 Å². The van der Waals surface area contributed by atoms with Crippen LogP contribution in [0.3, 0.4) is 0 Å². The molecule has 2 N–H and O–H groups in total. The minimum atomic E-state index is -3.41. The molecule has 0 aliphatic heterocycles. The van der Waals surface area contributed by atoms with Gasteiger partial charge in [0.2, 0.25) is 0 Å². The van der Waals surface area contributed by atoms with E-state index >= 15 is 0 Å². The van der Waals surface area contributed by atoms with Gasteiger partial charge in [0.15, 0.2) is 0 Å². The number of fused-ring (bicyclic) bond motifs is 4. The van der Waals surface area contributed by atoms with Crippen molar-refractivity contribution >= 4 is 29.4 Å². The summed E-state index contributed by atoms with van der Waals surface area (Å²) in [5.41, 5.74) is 10.6. The van der Waals surface area contributed by atoms with Crippen molar-refractivity contribution in [3.8, 4) is 22.3 Å². The summed E-state index contributed by atoms with van der Waals surface area (Å²) in [6.07, 6.45) is 4.25. The first-order valence-electron chi connectivity index (χ1n) is 11.4. The summed E-state index contributed by atoms with van der Waals surface area (Å²) in [7, 11) is 13.2. The molecule has 0 atom stereocenters. The molecule has 0 saturated carbocycles. The van der Waals surface area contributed by atoms with Crippen molar-refractivity contribution in [3.05, 3.63) is 95.1 Å². The fourth-order valence-electron chi connectivity index (χ4n) is 5.19. The zero-order valence-corrected chi connectivity index (χ0v) is 21.4. The summed E-state index contributed by atoms with van der Waals surface area (Å²) in [6.45, 7) is 2.24. The third-order valence-electron chi connectivity index (χ3n) is 6.61. The maximum absolute atomic E-state index is 6.61. The number of hydrogen-bond acceptors (Lipinski definition) is 1. The summed E-state index contributed by atoms with van der Waals surface area (Å²) in [6, 6.07) is 26.4. The topological polar surface area (TPSA) is 26.0 Å². The molecule has 1 aliphatic carbocycles. The molecule has 0 amide bonds. The first kappa shape index (κ1) is 22.2. The first-order valence-corrected chi connectivity index (χ1v) is 17.7. The van der Waals surface area contributed by atoms with E-state index in [9.17, 15) is 0 Å². The Balaban J connectivity index is 1.79. The van der Waals surface area contributed by atoms with Gasteiger partial charge in [0, 0.05) is 0 Å². The standard InChI is InChI=1S/C28H25.2ClH.H2N.Ti/c1-3-4-12-22-19(2)27(17-20-10-5-7-13-23(20)22)26-16-9-15-25-24-14-8-6-11-21(24)18-28(25)26;;;;/h5-11,13-17H,2-4,12,18H2,1H3;2*1H;1H2;/q;;;-1;+3/p-2. The van der Waals surface area contributed by atoms with E-state index in [2.05, 4.69) is 79.7 Å². The molecule has 1 nitrogen and oxygen atoms in total. The Morgan fingerprint density at radius 3 is 2.28 bits per heavy atom. The van der Waals surface area contributed by atoms with Crippen molar-refractivity contribution in [2.75, 3.05) is 0 Å². The van der Waals surface area contributed by atoms with Crippen LogP contribution in [-0.2, 0) is 32.3 Å². The minimum absolute atomic E-state index is 0.596. The monoisotopic (exact) mass is 495 g/mol. The number of halogens is 2. The van der Waals surface area contributed by atoms with Crippen molar-refractivity contribution in [1.29, 1.82) is 0 Å². The number of rotatable bonds is 6. The van der Waals surface area contributed by atoms with Crippen LogP contribution in [0.4, 0.5) is 0 Å². The van der Waals surface area contributed by atoms with E-state index in [4.69, 9.17) is 22.8 Å². The first-order chi connectivity index (χ1) is 15.5. The van der Waals surface area contributed by atoms with Crippen molar-refractivity contribution in [1.82, 2.24) is 0 Å². The van der Waals surface area contributed by atoms with E-state index in [-0.39, 0.29) is 0 Å². The zero-order valence-electron chi connectivity index (χ0n) is 18.3. The Kier molecular flexibility index (Phi) is 6.22. The van der Waals surface area contributed by atoms with Crippen LogP contribution < -0.4 is 4.22 Å². The van der Waals surface area contributed by atoms with Gasteiger partial charge in [-0.2, -0.15) is 0 Å². The number of nitrogens with two attached hydrogens (primary N) is 1. The van der Waals surface area contributed by atoms with E-state index in [0.29, 0.717) is 4.73 Å². The number of unbranched alkanes of at least 4 members (excludes halogenated alkanes) is 1. The third-order valence-corrected chi connectivity index (χ3v) is 9.00. The number of aryl methyl sites for hydroxylation is 1. The van der Waals surface area contributed by atoms with Crippen LogP contribution in [0, 0.1) is 0 Å². The van der Waals surface area contributed by atoms with Gasteiger partial charge in [-0.25, -0.2) is 0 Å². The molecule has 5 rings (SSSR count). The van der Waals surface area contributed by atoms with E-state index in [1.54, 1.807) is 0 Å². The van der Waals surface area contributed by atoms with Crippen LogP contribution in [0.25, 0.3) is 33.0 Å². The molecule has 0 spiro atoms. The Bertz CT molecular complexity index is 1310. The Labute approximate surface area is 202 Å². The Morgan fingerprint density at radius 2 is 1.50 bits per heavy atom. The molecule has 0 aromatic heterocycles. The molecule has 0 heterocycles. The van der Waals surface area contributed by atoms with Crippen LogP contribution in [0.15, 0.2) is 72.8 Å². The molecular weight excluding hydrogens is 469 g/mol. The van der Waals surface area contributed by atoms with E-state index < -0.39 is 14.7 Å². The van der Waals surface area contributed by atoms with Gasteiger partial charge in [-0.3, -0.25) is 0 Å². The van der Waals surface area contributed by atoms with E-state index in [1.165, 1.54) is 55.3 Å². The van der Waals surface area contributed by atoms with Crippen molar-refractivity contribution in [3.63, 3.8) is 0 Å². The SMILES string of the molecule is CCCCc1c([CH2][Ti]([NH2])([Cl])[Cl])c(-c2cccc3c2Cc2ccccc2-3)cc2ccccc12. The van der Waals surface area contributed by atoms with Crippen molar-refractivity contribution < 1.29 is 14.7 Å². The maximum atomic E-state index is 6.61. The molecule has 0 unspecified atom stereocenters. The third kappa shape index (κ3) is 4.18. The number of hydrogen-bond donors (Lipinski definition) is 1. The quantitative estimate of drug-likeness (QED) is 0.236. The predicted molar refractivity (Wildman–Crippen MR) is 136 cm³/mol. The second-order valence-corrected chi connectivity index (χ2v) is 18.1. The molecule has 4 aromatic carbocycles. The van der Waals surface area contributed by atoms with Gasteiger partial charge < -0.3 is 0 Å². The summed E-state index contributed by atoms with van der Waals surface area (Å²) >= 11 is -3.41. The van der Waals surface area contributed by atoms with Crippen LogP contribution >= 0.6 is 18.6 Å². The van der Waals surface area contributed by atoms with Crippen LogP contribution in [0.2, 0.25) is 0 Å². The van der Waals surface area contributed by atoms with Gasteiger partial charge in [-0.05, 0) is 0 Å². The normalized spacial score (nSPS) is 12.8. The van der Waals surface area contributed by atoms with Crippen molar-refractivity contribution in [2.45, 2.75) is 37.3 Å². The Hall–Kier alpha value is -1.61. The van der Waals surface area contributed by atoms with Crippen LogP contribution in [0.5, 0.6) is 0 Å². The average Bonchev–Trinajstić information content (AvgIpc) is 3.16. The summed E-state index contributed by atoms with van der Waals surface area (Å²) < 4.78 is 6.95. The molecular formula is C28H27Cl2NTi. The Morgan fingerprint density at radius 1 is 0.812 bits per heavy atom. The molecule has 162 valence electrons. The summed E-state index contributed by atoms with van der Waals surface area (Å²) in [5, 5.41) is 2.57. The molecule has 0 bridgehead atoms.